The summed E-state index contributed by atoms with van der Waals surface area (Å²) in [4.78, 5) is 24.2. The van der Waals surface area contributed by atoms with E-state index in [0.717, 1.165) is 18.1 Å². The van der Waals surface area contributed by atoms with E-state index in [1.54, 1.807) is 16.7 Å². The van der Waals surface area contributed by atoms with Gasteiger partial charge >= 0.3 is 5.97 Å². The second-order valence-corrected chi connectivity index (χ2v) is 6.06. The van der Waals surface area contributed by atoms with Crippen LogP contribution in [-0.2, 0) is 14.3 Å². The molecular formula is C11H18N2O4S. The molecule has 2 heterocycles. The molecule has 2 aliphatic rings. The van der Waals surface area contributed by atoms with Crippen molar-refractivity contribution in [1.29, 1.82) is 0 Å². The standard InChI is InChI=1S/C11H18N2O4S/c1-11(17-4-9(14)15)6-13(7-11)10(16)8-5-18-3-2-12-8/h8,12H,2-7H2,1H3,(H,14,15). The Morgan fingerprint density at radius 2 is 2.28 bits per heavy atom. The van der Waals surface area contributed by atoms with Gasteiger partial charge in [-0.3, -0.25) is 4.79 Å². The second-order valence-electron chi connectivity index (χ2n) is 4.91. The maximum absolute atomic E-state index is 12.1. The number of hydrogen-bond acceptors (Lipinski definition) is 5. The number of nitrogens with one attached hydrogen (secondary N) is 1. The number of carbonyl (C=O) groups is 2. The van der Waals surface area contributed by atoms with Gasteiger partial charge in [0.1, 0.15) is 12.2 Å². The number of carboxylic acid groups (broad SMARTS) is 1. The average molecular weight is 274 g/mol. The van der Waals surface area contributed by atoms with Gasteiger partial charge in [-0.1, -0.05) is 0 Å². The van der Waals surface area contributed by atoms with Gasteiger partial charge in [0.15, 0.2) is 0 Å². The second kappa shape index (κ2) is 5.46. The third kappa shape index (κ3) is 3.15. The molecule has 1 atom stereocenters. The van der Waals surface area contributed by atoms with Gasteiger partial charge in [-0.05, 0) is 6.92 Å². The zero-order valence-corrected chi connectivity index (χ0v) is 11.2. The number of likely N-dealkylation sites (tertiary alicyclic amines) is 1. The first-order valence-electron chi connectivity index (χ1n) is 5.96. The van der Waals surface area contributed by atoms with E-state index in [-0.39, 0.29) is 18.6 Å². The van der Waals surface area contributed by atoms with Crippen molar-refractivity contribution in [3.8, 4) is 0 Å². The lowest BCUT2D eigenvalue weighted by Gasteiger charge is -2.48. The predicted octanol–water partition coefficient (Wildman–Crippen LogP) is -0.606. The van der Waals surface area contributed by atoms with E-state index in [2.05, 4.69) is 5.32 Å². The molecule has 102 valence electrons. The van der Waals surface area contributed by atoms with Crippen LogP contribution in [0.15, 0.2) is 0 Å². The van der Waals surface area contributed by atoms with Crippen molar-refractivity contribution in [1.82, 2.24) is 10.2 Å². The summed E-state index contributed by atoms with van der Waals surface area (Å²) in [6.45, 7) is 3.34. The quantitative estimate of drug-likeness (QED) is 0.712. The molecule has 0 aromatic heterocycles. The minimum Gasteiger partial charge on any atom is -0.480 e. The number of ether oxygens (including phenoxy) is 1. The lowest BCUT2D eigenvalue weighted by Crippen LogP contribution is -2.66. The molecule has 7 heteroatoms. The van der Waals surface area contributed by atoms with Crippen LogP contribution in [-0.4, -0.2) is 71.3 Å². The van der Waals surface area contributed by atoms with Crippen molar-refractivity contribution < 1.29 is 19.4 Å². The van der Waals surface area contributed by atoms with Crippen LogP contribution in [0.1, 0.15) is 6.92 Å². The molecule has 2 N–H and O–H groups in total. The molecule has 0 aromatic rings. The number of amides is 1. The first-order chi connectivity index (χ1) is 8.50. The van der Waals surface area contributed by atoms with Crippen molar-refractivity contribution in [2.45, 2.75) is 18.6 Å². The Labute approximate surface area is 110 Å². The van der Waals surface area contributed by atoms with Gasteiger partial charge < -0.3 is 20.1 Å². The van der Waals surface area contributed by atoms with Crippen LogP contribution in [0.4, 0.5) is 0 Å². The summed E-state index contributed by atoms with van der Waals surface area (Å²) in [5.41, 5.74) is -0.504. The number of thioether (sulfide) groups is 1. The molecule has 0 aliphatic carbocycles. The highest BCUT2D eigenvalue weighted by Crippen LogP contribution is 2.26. The lowest BCUT2D eigenvalue weighted by molar-refractivity contribution is -0.174. The molecule has 2 saturated heterocycles. The van der Waals surface area contributed by atoms with E-state index in [1.807, 2.05) is 6.92 Å². The first-order valence-corrected chi connectivity index (χ1v) is 7.11. The summed E-state index contributed by atoms with van der Waals surface area (Å²) in [5.74, 6) is 0.968. The number of hydrogen-bond donors (Lipinski definition) is 2. The van der Waals surface area contributed by atoms with Gasteiger partial charge in [-0.2, -0.15) is 11.8 Å². The lowest BCUT2D eigenvalue weighted by atomic mass is 9.95. The SMILES string of the molecule is CC1(OCC(=O)O)CN(C(=O)C2CSCCN2)C1. The van der Waals surface area contributed by atoms with E-state index in [1.165, 1.54) is 0 Å². The largest absolute Gasteiger partial charge is 0.480 e. The zero-order valence-electron chi connectivity index (χ0n) is 10.3. The number of carboxylic acids is 1. The van der Waals surface area contributed by atoms with Gasteiger partial charge in [-0.15, -0.1) is 0 Å². The van der Waals surface area contributed by atoms with E-state index in [0.29, 0.717) is 13.1 Å². The Bertz CT molecular complexity index is 338. The smallest absolute Gasteiger partial charge is 0.329 e. The molecule has 0 aromatic carbocycles. The minimum atomic E-state index is -0.980. The van der Waals surface area contributed by atoms with E-state index < -0.39 is 11.6 Å². The molecule has 0 radical (unpaired) electrons. The molecule has 1 amide bonds. The summed E-state index contributed by atoms with van der Waals surface area (Å²) in [6.07, 6.45) is 0. The van der Waals surface area contributed by atoms with Crippen LogP contribution in [0.3, 0.4) is 0 Å². The van der Waals surface area contributed by atoms with E-state index >= 15 is 0 Å². The number of aliphatic carboxylic acids is 1. The molecule has 2 rings (SSSR count). The van der Waals surface area contributed by atoms with Crippen molar-refractivity contribution in [2.24, 2.45) is 0 Å². The topological polar surface area (TPSA) is 78.9 Å². The van der Waals surface area contributed by atoms with Gasteiger partial charge in [0.2, 0.25) is 5.91 Å². The van der Waals surface area contributed by atoms with Crippen LogP contribution in [0.5, 0.6) is 0 Å². The maximum atomic E-state index is 12.1. The summed E-state index contributed by atoms with van der Waals surface area (Å²) in [5, 5.41) is 11.8. The average Bonchev–Trinajstić information content (AvgIpc) is 2.33. The highest BCUT2D eigenvalue weighted by molar-refractivity contribution is 7.99. The minimum absolute atomic E-state index is 0.0959. The van der Waals surface area contributed by atoms with Crippen LogP contribution in [0, 0.1) is 0 Å². The first kappa shape index (κ1) is 13.6. The number of rotatable bonds is 4. The monoisotopic (exact) mass is 274 g/mol. The Morgan fingerprint density at radius 3 is 2.83 bits per heavy atom. The number of nitrogens with zero attached hydrogens (tertiary/aromatic N) is 1. The van der Waals surface area contributed by atoms with Crippen LogP contribution in [0.2, 0.25) is 0 Å². The normalized spacial score (nSPS) is 26.5. The highest BCUT2D eigenvalue weighted by Gasteiger charge is 2.44. The molecular weight excluding hydrogens is 256 g/mol. The van der Waals surface area contributed by atoms with Crippen LogP contribution < -0.4 is 5.32 Å². The highest BCUT2D eigenvalue weighted by atomic mass is 32.2. The summed E-state index contributed by atoms with van der Waals surface area (Å²) in [7, 11) is 0. The third-order valence-corrected chi connectivity index (χ3v) is 4.19. The Morgan fingerprint density at radius 1 is 1.56 bits per heavy atom. The summed E-state index contributed by atoms with van der Waals surface area (Å²) >= 11 is 1.78. The molecule has 0 spiro atoms. The fourth-order valence-corrected chi connectivity index (χ4v) is 3.11. The molecule has 0 saturated carbocycles. The third-order valence-electron chi connectivity index (χ3n) is 3.13. The van der Waals surface area contributed by atoms with Crippen LogP contribution in [0.25, 0.3) is 0 Å². The zero-order chi connectivity index (χ0) is 13.2. The van der Waals surface area contributed by atoms with Crippen molar-refractivity contribution in [3.63, 3.8) is 0 Å². The van der Waals surface area contributed by atoms with Crippen LogP contribution >= 0.6 is 11.8 Å². The van der Waals surface area contributed by atoms with Gasteiger partial charge in [0.25, 0.3) is 0 Å². The van der Waals surface area contributed by atoms with E-state index in [4.69, 9.17) is 9.84 Å². The molecule has 2 aliphatic heterocycles. The fraction of sp³-hybridized carbons (Fsp3) is 0.818. The van der Waals surface area contributed by atoms with Crippen molar-refractivity contribution in [3.05, 3.63) is 0 Å². The fourth-order valence-electron chi connectivity index (χ4n) is 2.19. The Hall–Kier alpha value is -0.790. The maximum Gasteiger partial charge on any atom is 0.329 e. The van der Waals surface area contributed by atoms with Crippen molar-refractivity contribution in [2.75, 3.05) is 37.7 Å². The molecule has 0 bridgehead atoms. The molecule has 18 heavy (non-hydrogen) atoms. The molecule has 2 fully saturated rings. The number of carbonyl (C=O) groups excluding carboxylic acids is 1. The molecule has 6 nitrogen and oxygen atoms in total. The predicted molar refractivity (Wildman–Crippen MR) is 67.7 cm³/mol. The Kier molecular flexibility index (Phi) is 4.14. The molecule has 1 unspecified atom stereocenters. The van der Waals surface area contributed by atoms with Crippen molar-refractivity contribution >= 4 is 23.6 Å². The summed E-state index contributed by atoms with van der Waals surface area (Å²) < 4.78 is 5.28. The Balaban J connectivity index is 1.77. The van der Waals surface area contributed by atoms with Gasteiger partial charge in [-0.25, -0.2) is 4.79 Å². The summed E-state index contributed by atoms with van der Waals surface area (Å²) in [6, 6.07) is -0.104. The van der Waals surface area contributed by atoms with Gasteiger partial charge in [0.05, 0.1) is 19.1 Å². The van der Waals surface area contributed by atoms with E-state index in [9.17, 15) is 9.59 Å². The van der Waals surface area contributed by atoms with Gasteiger partial charge in [0, 0.05) is 18.1 Å².